The maximum absolute atomic E-state index is 14.0. The molecule has 4 aliphatic rings. The number of ether oxygens (including phenoxy) is 1. The summed E-state index contributed by atoms with van der Waals surface area (Å²) in [6.07, 6.45) is 6.74. The number of anilines is 3. The number of nitrogens with one attached hydrogen (secondary N) is 4. The van der Waals surface area contributed by atoms with Crippen molar-refractivity contribution in [3.63, 3.8) is 0 Å². The molecule has 0 amide bonds. The van der Waals surface area contributed by atoms with Gasteiger partial charge >= 0.3 is 0 Å². The molecule has 1 aromatic heterocycles. The highest BCUT2D eigenvalue weighted by molar-refractivity contribution is 6.36. The summed E-state index contributed by atoms with van der Waals surface area (Å²) in [5.41, 5.74) is 14.7. The zero-order valence-corrected chi connectivity index (χ0v) is 31.7. The highest BCUT2D eigenvalue weighted by Crippen LogP contribution is 2.39. The third-order valence-corrected chi connectivity index (χ3v) is 11.6. The second-order valence-electron chi connectivity index (χ2n) is 15.4. The number of halogens is 3. The lowest BCUT2D eigenvalue weighted by Crippen LogP contribution is -2.52. The normalized spacial score (nSPS) is 19.3. The average Bonchev–Trinajstić information content (AvgIpc) is 3.61. The Kier molecular flexibility index (Phi) is 9.87. The Hall–Kier alpha value is -4.15. The van der Waals surface area contributed by atoms with E-state index in [4.69, 9.17) is 27.9 Å². The summed E-state index contributed by atoms with van der Waals surface area (Å²) in [5.74, 6) is -0.524. The predicted molar refractivity (Wildman–Crippen MR) is 208 cm³/mol. The van der Waals surface area contributed by atoms with Gasteiger partial charge < -0.3 is 20.8 Å². The van der Waals surface area contributed by atoms with Crippen LogP contribution in [0.15, 0.2) is 66.6 Å². The summed E-state index contributed by atoms with van der Waals surface area (Å²) in [6, 6.07) is 17.6. The number of aromatic nitrogens is 1. The Morgan fingerprint density at radius 1 is 1.02 bits per heavy atom. The largest absolute Gasteiger partial charge is 0.378 e. The van der Waals surface area contributed by atoms with Gasteiger partial charge in [0.1, 0.15) is 11.9 Å². The zero-order chi connectivity index (χ0) is 36.9. The molecular weight excluding hydrogens is 712 g/mol. The lowest BCUT2D eigenvalue weighted by atomic mass is 9.89. The van der Waals surface area contributed by atoms with Gasteiger partial charge in [0.2, 0.25) is 0 Å². The molecule has 2 fully saturated rings. The molecule has 53 heavy (non-hydrogen) atoms. The maximum Gasteiger partial charge on any atom is 0.141 e. The molecule has 0 spiro atoms. The van der Waals surface area contributed by atoms with Crippen molar-refractivity contribution in [1.29, 1.82) is 5.26 Å². The lowest BCUT2D eigenvalue weighted by Gasteiger charge is -2.42. The standard InChI is InChI=1S/C40H44Cl2FN9O/c1-40(2,3)51-13-9-28(10-14-51)52-21-36(48-49-52)39(31-6-4-5-24-20-50(12-11-30(24)31)29-22-53-23-29)47-27-15-32-37(46-26-7-8-35(43)33(41)16-26)25(18-44)19-45-38(32)34(42)17-27/h4-8,15-17,19,21,28-29,39,47-49H,9-14,20,22-23H2,1-3H3,(H,45,46)/t39-/m0/s1. The summed E-state index contributed by atoms with van der Waals surface area (Å²) in [5, 5.41) is 20.5. The van der Waals surface area contributed by atoms with Gasteiger partial charge in [0.25, 0.3) is 0 Å². The maximum atomic E-state index is 14.0. The fraction of sp³-hybridized carbons (Fsp3) is 0.400. The highest BCUT2D eigenvalue weighted by atomic mass is 35.5. The number of hydrogen-bond donors (Lipinski definition) is 4. The molecule has 0 radical (unpaired) electrons. The fourth-order valence-electron chi connectivity index (χ4n) is 7.95. The monoisotopic (exact) mass is 755 g/mol. The number of fused-ring (bicyclic) bond motifs is 2. The lowest BCUT2D eigenvalue weighted by molar-refractivity contribution is -0.0695. The number of nitrogens with zero attached hydrogens (tertiary/aromatic N) is 5. The average molecular weight is 757 g/mol. The molecule has 0 aliphatic carbocycles. The number of pyridine rings is 1. The molecule has 0 bridgehead atoms. The second-order valence-corrected chi connectivity index (χ2v) is 16.2. The van der Waals surface area contributed by atoms with Gasteiger partial charge in [-0.3, -0.25) is 19.8 Å². The van der Waals surface area contributed by atoms with Crippen molar-refractivity contribution in [2.24, 2.45) is 0 Å². The fourth-order valence-corrected chi connectivity index (χ4v) is 8.40. The van der Waals surface area contributed by atoms with Crippen LogP contribution in [0.5, 0.6) is 0 Å². The van der Waals surface area contributed by atoms with E-state index in [9.17, 15) is 9.65 Å². The van der Waals surface area contributed by atoms with E-state index >= 15 is 0 Å². The number of hydrazine groups is 2. The van der Waals surface area contributed by atoms with Crippen LogP contribution in [0.25, 0.3) is 10.9 Å². The van der Waals surface area contributed by atoms with Crippen LogP contribution in [-0.2, 0) is 17.7 Å². The van der Waals surface area contributed by atoms with Crippen molar-refractivity contribution in [2.75, 3.05) is 43.5 Å². The van der Waals surface area contributed by atoms with Gasteiger partial charge in [0, 0.05) is 66.9 Å². The molecule has 10 nitrogen and oxygen atoms in total. The summed E-state index contributed by atoms with van der Waals surface area (Å²) in [6.45, 7) is 12.4. The van der Waals surface area contributed by atoms with Crippen LogP contribution < -0.4 is 21.6 Å². The zero-order valence-electron chi connectivity index (χ0n) is 30.1. The summed E-state index contributed by atoms with van der Waals surface area (Å²) >= 11 is 13.1. The van der Waals surface area contributed by atoms with Crippen molar-refractivity contribution in [3.05, 3.63) is 105 Å². The van der Waals surface area contributed by atoms with E-state index in [1.165, 1.54) is 35.0 Å². The Balaban J connectivity index is 1.16. The number of hydrogen-bond acceptors (Lipinski definition) is 10. The van der Waals surface area contributed by atoms with Gasteiger partial charge in [-0.1, -0.05) is 41.4 Å². The molecule has 0 unspecified atom stereocenters. The van der Waals surface area contributed by atoms with E-state index in [1.54, 1.807) is 6.07 Å². The molecule has 1 atom stereocenters. The predicted octanol–water partition coefficient (Wildman–Crippen LogP) is 7.64. The van der Waals surface area contributed by atoms with E-state index in [1.807, 2.05) is 12.1 Å². The minimum atomic E-state index is -0.524. The molecule has 2 saturated heterocycles. The molecule has 4 aromatic rings. The molecule has 4 aliphatic heterocycles. The summed E-state index contributed by atoms with van der Waals surface area (Å²) in [4.78, 5) is 9.64. The van der Waals surface area contributed by atoms with Gasteiger partial charge in [-0.15, -0.1) is 5.53 Å². The second kappa shape index (κ2) is 14.6. The Morgan fingerprint density at radius 2 is 1.81 bits per heavy atom. The van der Waals surface area contributed by atoms with Gasteiger partial charge in [-0.05, 0) is 87.1 Å². The Morgan fingerprint density at radius 3 is 2.53 bits per heavy atom. The number of nitriles is 1. The molecule has 4 N–H and O–H groups in total. The van der Waals surface area contributed by atoms with Crippen molar-refractivity contribution in [3.8, 4) is 6.07 Å². The molecule has 0 saturated carbocycles. The Bertz CT molecular complexity index is 2100. The van der Waals surface area contributed by atoms with Crippen LogP contribution in [0.1, 0.15) is 61.9 Å². The van der Waals surface area contributed by atoms with E-state index in [-0.39, 0.29) is 16.6 Å². The Labute approximate surface area is 319 Å². The third kappa shape index (κ3) is 7.24. The summed E-state index contributed by atoms with van der Waals surface area (Å²) in [7, 11) is 0. The quantitative estimate of drug-likeness (QED) is 0.144. The smallest absolute Gasteiger partial charge is 0.141 e. The van der Waals surface area contributed by atoms with Crippen LogP contribution in [0, 0.1) is 17.1 Å². The van der Waals surface area contributed by atoms with Crippen molar-refractivity contribution < 1.29 is 9.13 Å². The summed E-state index contributed by atoms with van der Waals surface area (Å²) < 4.78 is 19.5. The number of piperidine rings is 1. The van der Waals surface area contributed by atoms with E-state index < -0.39 is 5.82 Å². The van der Waals surface area contributed by atoms with Crippen LogP contribution in [0.3, 0.4) is 0 Å². The molecule has 276 valence electrons. The van der Waals surface area contributed by atoms with Gasteiger partial charge in [-0.2, -0.15) is 5.26 Å². The van der Waals surface area contributed by atoms with E-state index in [2.05, 4.69) is 92.6 Å². The first-order chi connectivity index (χ1) is 25.6. The van der Waals surface area contributed by atoms with Crippen molar-refractivity contribution in [1.82, 2.24) is 30.8 Å². The minimum Gasteiger partial charge on any atom is -0.378 e. The molecule has 5 heterocycles. The van der Waals surface area contributed by atoms with Crippen molar-refractivity contribution in [2.45, 2.75) is 70.2 Å². The van der Waals surface area contributed by atoms with Crippen LogP contribution >= 0.6 is 23.2 Å². The van der Waals surface area contributed by atoms with Gasteiger partial charge in [-0.25, -0.2) is 4.39 Å². The number of likely N-dealkylation sites (tertiary alicyclic amines) is 1. The molecule has 3 aromatic carbocycles. The van der Waals surface area contributed by atoms with Crippen molar-refractivity contribution >= 4 is 51.2 Å². The topological polar surface area (TPSA) is 104 Å². The first-order valence-corrected chi connectivity index (χ1v) is 19.0. The first-order valence-electron chi connectivity index (χ1n) is 18.3. The van der Waals surface area contributed by atoms with Gasteiger partial charge in [0.05, 0.1) is 57.8 Å². The first kappa shape index (κ1) is 35.9. The van der Waals surface area contributed by atoms with E-state index in [0.717, 1.165) is 70.0 Å². The number of benzene rings is 3. The van der Waals surface area contributed by atoms with E-state index in [0.29, 0.717) is 44.9 Å². The van der Waals surface area contributed by atoms with Gasteiger partial charge in [0.15, 0.2) is 0 Å². The molecule has 8 rings (SSSR count). The van der Waals surface area contributed by atoms with Crippen LogP contribution in [0.2, 0.25) is 10.0 Å². The third-order valence-electron chi connectivity index (χ3n) is 11.0. The van der Waals surface area contributed by atoms with Crippen LogP contribution in [-0.4, -0.2) is 70.3 Å². The number of rotatable bonds is 8. The van der Waals surface area contributed by atoms with Crippen LogP contribution in [0.4, 0.5) is 21.5 Å². The molecule has 13 heteroatoms. The SMILES string of the molecule is CC(C)(C)N1CCC(N2C=C([C@@H](Nc3cc(Cl)c4ncc(C#N)c(Nc5ccc(F)c(Cl)c5)c4c3)c3cccc4c3CCN(C3COC3)C4)NN2)CC1. The minimum absolute atomic E-state index is 0.0230. The molecular formula is C40H44Cl2FN9O. The highest BCUT2D eigenvalue weighted by Gasteiger charge is 2.34.